The van der Waals surface area contributed by atoms with E-state index in [9.17, 15) is 25.0 Å². The van der Waals surface area contributed by atoms with Crippen molar-refractivity contribution in [1.82, 2.24) is 5.43 Å². The Labute approximate surface area is 172 Å². The minimum atomic E-state index is -0.614. The van der Waals surface area contributed by atoms with Crippen LogP contribution in [0.4, 0.5) is 17.1 Å². The number of nitrogens with zero attached hydrogens (tertiary/aromatic N) is 4. The highest BCUT2D eigenvalue weighted by Gasteiger charge is 2.17. The van der Waals surface area contributed by atoms with E-state index in [0.717, 1.165) is 50.5 Å². The van der Waals surface area contributed by atoms with Crippen LogP contribution >= 0.6 is 0 Å². The van der Waals surface area contributed by atoms with Crippen LogP contribution in [0.2, 0.25) is 0 Å². The number of carbonyl (C=O) groups is 1. The molecule has 1 heterocycles. The van der Waals surface area contributed by atoms with Gasteiger partial charge in [-0.3, -0.25) is 25.0 Å². The number of hydrogen-bond acceptors (Lipinski definition) is 7. The molecular weight excluding hydrogens is 390 g/mol. The summed E-state index contributed by atoms with van der Waals surface area (Å²) in [6, 6.07) is 9.87. The maximum Gasteiger partial charge on any atom is 0.271 e. The summed E-state index contributed by atoms with van der Waals surface area (Å²) in [6.45, 7) is 1.69. The molecule has 3 rings (SSSR count). The van der Waals surface area contributed by atoms with Crippen molar-refractivity contribution in [2.75, 3.05) is 18.0 Å². The molecule has 1 fully saturated rings. The summed E-state index contributed by atoms with van der Waals surface area (Å²) in [5.41, 5.74) is 3.48. The first-order valence-corrected chi connectivity index (χ1v) is 9.57. The largest absolute Gasteiger partial charge is 0.371 e. The van der Waals surface area contributed by atoms with E-state index in [1.807, 2.05) is 0 Å². The van der Waals surface area contributed by atoms with Crippen molar-refractivity contribution in [3.63, 3.8) is 0 Å². The van der Waals surface area contributed by atoms with Crippen LogP contribution in [0, 0.1) is 20.2 Å². The van der Waals surface area contributed by atoms with Crippen molar-refractivity contribution in [1.29, 1.82) is 0 Å². The Bertz CT molecular complexity index is 983. The summed E-state index contributed by atoms with van der Waals surface area (Å²) >= 11 is 0. The lowest BCUT2D eigenvalue weighted by Gasteiger charge is -2.24. The molecule has 2 aromatic rings. The number of hydrogen-bond donors (Lipinski definition) is 1. The first-order chi connectivity index (χ1) is 14.5. The average molecular weight is 411 g/mol. The fraction of sp³-hybridized carbons (Fsp3) is 0.300. The van der Waals surface area contributed by atoms with Gasteiger partial charge >= 0.3 is 0 Å². The van der Waals surface area contributed by atoms with Crippen molar-refractivity contribution in [3.8, 4) is 0 Å². The van der Waals surface area contributed by atoms with E-state index in [4.69, 9.17) is 0 Å². The second kappa shape index (κ2) is 9.59. The van der Waals surface area contributed by atoms with Crippen molar-refractivity contribution in [3.05, 3.63) is 73.8 Å². The highest BCUT2D eigenvalue weighted by atomic mass is 16.6. The number of nitrogens with one attached hydrogen (secondary N) is 1. The molecule has 156 valence electrons. The van der Waals surface area contributed by atoms with Gasteiger partial charge in [-0.25, -0.2) is 5.43 Å². The lowest BCUT2D eigenvalue weighted by Crippen LogP contribution is -2.25. The van der Waals surface area contributed by atoms with Gasteiger partial charge in [-0.2, -0.15) is 5.10 Å². The Hall–Kier alpha value is -3.82. The molecule has 30 heavy (non-hydrogen) atoms. The molecule has 0 atom stereocenters. The molecule has 1 aliphatic rings. The Morgan fingerprint density at radius 1 is 0.967 bits per heavy atom. The summed E-state index contributed by atoms with van der Waals surface area (Å²) in [5.74, 6) is -0.614. The number of carbonyl (C=O) groups excluding carboxylic acids is 1. The second-order valence-corrected chi connectivity index (χ2v) is 6.91. The first-order valence-electron chi connectivity index (χ1n) is 9.57. The molecule has 0 saturated carbocycles. The standard InChI is InChI=1S/C20H21N5O5/c26-20(15-6-5-7-17(12-15)24(27)28)22-21-14-16-13-18(25(29)30)8-9-19(16)23-10-3-1-2-4-11-23/h5-9,12-14H,1-4,10-11H2,(H,22,26). The Balaban J connectivity index is 1.81. The monoisotopic (exact) mass is 411 g/mol. The molecule has 2 aromatic carbocycles. The molecule has 1 aliphatic heterocycles. The van der Waals surface area contributed by atoms with Gasteiger partial charge in [0.2, 0.25) is 0 Å². The third-order valence-electron chi connectivity index (χ3n) is 4.86. The van der Waals surface area contributed by atoms with Gasteiger partial charge in [0.1, 0.15) is 0 Å². The molecule has 1 saturated heterocycles. The molecule has 0 aromatic heterocycles. The first kappa shape index (κ1) is 20.9. The molecule has 0 spiro atoms. The van der Waals surface area contributed by atoms with Gasteiger partial charge in [0.05, 0.1) is 16.1 Å². The molecule has 0 bridgehead atoms. The van der Waals surface area contributed by atoms with Crippen molar-refractivity contribution >= 4 is 29.2 Å². The van der Waals surface area contributed by atoms with Gasteiger partial charge in [-0.15, -0.1) is 0 Å². The number of hydrazone groups is 1. The SMILES string of the molecule is O=C(NN=Cc1cc([N+](=O)[O-])ccc1N1CCCCCC1)c1cccc([N+](=O)[O-])c1. The van der Waals surface area contributed by atoms with E-state index in [1.165, 1.54) is 36.5 Å². The highest BCUT2D eigenvalue weighted by Crippen LogP contribution is 2.26. The van der Waals surface area contributed by atoms with E-state index in [1.54, 1.807) is 6.07 Å². The minimum absolute atomic E-state index is 0.0694. The summed E-state index contributed by atoms with van der Waals surface area (Å²) in [5, 5.41) is 26.0. The smallest absolute Gasteiger partial charge is 0.271 e. The van der Waals surface area contributed by atoms with Gasteiger partial charge in [0.25, 0.3) is 17.3 Å². The summed E-state index contributed by atoms with van der Waals surface area (Å²) < 4.78 is 0. The zero-order valence-electron chi connectivity index (χ0n) is 16.2. The van der Waals surface area contributed by atoms with E-state index < -0.39 is 15.8 Å². The summed E-state index contributed by atoms with van der Waals surface area (Å²) in [7, 11) is 0. The zero-order chi connectivity index (χ0) is 21.5. The van der Waals surface area contributed by atoms with Gasteiger partial charge in [0.15, 0.2) is 0 Å². The fourth-order valence-electron chi connectivity index (χ4n) is 3.34. The third-order valence-corrected chi connectivity index (χ3v) is 4.86. The predicted octanol–water partition coefficient (Wildman–Crippen LogP) is 3.65. The fourth-order valence-corrected chi connectivity index (χ4v) is 3.34. The summed E-state index contributed by atoms with van der Waals surface area (Å²) in [4.78, 5) is 35.4. The Morgan fingerprint density at radius 2 is 1.63 bits per heavy atom. The maximum absolute atomic E-state index is 12.3. The lowest BCUT2D eigenvalue weighted by atomic mass is 10.1. The van der Waals surface area contributed by atoms with Crippen LogP contribution in [0.3, 0.4) is 0 Å². The van der Waals surface area contributed by atoms with E-state index in [2.05, 4.69) is 15.4 Å². The van der Waals surface area contributed by atoms with Gasteiger partial charge < -0.3 is 4.90 Å². The van der Waals surface area contributed by atoms with Crippen LogP contribution < -0.4 is 10.3 Å². The highest BCUT2D eigenvalue weighted by molar-refractivity contribution is 5.96. The molecule has 1 N–H and O–H groups in total. The van der Waals surface area contributed by atoms with E-state index in [0.29, 0.717) is 5.56 Å². The summed E-state index contributed by atoms with van der Waals surface area (Å²) in [6.07, 6.45) is 5.73. The Kier molecular flexibility index (Phi) is 6.68. The Morgan fingerprint density at radius 3 is 2.30 bits per heavy atom. The van der Waals surface area contributed by atoms with Crippen LogP contribution in [0.15, 0.2) is 47.6 Å². The maximum atomic E-state index is 12.3. The third kappa shape index (κ3) is 5.16. The number of nitro benzene ring substituents is 2. The van der Waals surface area contributed by atoms with Gasteiger partial charge in [-0.05, 0) is 25.0 Å². The quantitative estimate of drug-likeness (QED) is 0.438. The molecule has 1 amide bonds. The minimum Gasteiger partial charge on any atom is -0.371 e. The second-order valence-electron chi connectivity index (χ2n) is 6.91. The number of rotatable bonds is 6. The van der Waals surface area contributed by atoms with E-state index >= 15 is 0 Å². The predicted molar refractivity (Wildman–Crippen MR) is 112 cm³/mol. The van der Waals surface area contributed by atoms with E-state index in [-0.39, 0.29) is 16.9 Å². The van der Waals surface area contributed by atoms with Gasteiger partial charge in [0, 0.05) is 54.2 Å². The van der Waals surface area contributed by atoms with Crippen molar-refractivity contribution in [2.45, 2.75) is 25.7 Å². The molecule has 0 unspecified atom stereocenters. The van der Waals surface area contributed by atoms with Crippen LogP contribution in [0.5, 0.6) is 0 Å². The van der Waals surface area contributed by atoms with Crippen LogP contribution in [-0.2, 0) is 0 Å². The number of benzene rings is 2. The van der Waals surface area contributed by atoms with Crippen LogP contribution in [-0.4, -0.2) is 35.1 Å². The number of non-ortho nitro benzene ring substituents is 2. The number of amides is 1. The van der Waals surface area contributed by atoms with Crippen LogP contribution in [0.25, 0.3) is 0 Å². The molecule has 0 radical (unpaired) electrons. The molecule has 0 aliphatic carbocycles. The number of anilines is 1. The number of nitro groups is 2. The molecule has 10 heteroatoms. The normalized spacial score (nSPS) is 14.3. The topological polar surface area (TPSA) is 131 Å². The van der Waals surface area contributed by atoms with Crippen molar-refractivity contribution < 1.29 is 14.6 Å². The molecule has 10 nitrogen and oxygen atoms in total. The zero-order valence-corrected chi connectivity index (χ0v) is 16.2. The van der Waals surface area contributed by atoms with Crippen LogP contribution in [0.1, 0.15) is 41.6 Å². The lowest BCUT2D eigenvalue weighted by molar-refractivity contribution is -0.385. The van der Waals surface area contributed by atoms with Gasteiger partial charge in [-0.1, -0.05) is 18.9 Å². The average Bonchev–Trinajstić information content (AvgIpc) is 3.03. The van der Waals surface area contributed by atoms with Crippen molar-refractivity contribution in [2.24, 2.45) is 5.10 Å². The molecular formula is C20H21N5O5.